The van der Waals surface area contributed by atoms with Crippen LogP contribution in [0.1, 0.15) is 19.4 Å². The van der Waals surface area contributed by atoms with Gasteiger partial charge in [-0.25, -0.2) is 9.37 Å². The molecule has 0 spiro atoms. The molecule has 1 nitrogen and oxygen atoms in total. The van der Waals surface area contributed by atoms with E-state index < -0.39 is 5.82 Å². The fourth-order valence-corrected chi connectivity index (χ4v) is 4.24. The van der Waals surface area contributed by atoms with Gasteiger partial charge < -0.3 is 0 Å². The predicted molar refractivity (Wildman–Crippen MR) is 95.8 cm³/mol. The van der Waals surface area contributed by atoms with Crippen LogP contribution in [-0.4, -0.2) is 4.98 Å². The maximum atomic E-state index is 14.2. The number of thiol groups is 1. The molecule has 0 fully saturated rings. The number of rotatable bonds is 3. The number of fused-ring (bicyclic) bond motifs is 1. The van der Waals surface area contributed by atoms with E-state index in [0.29, 0.717) is 11.5 Å². The largest absolute Gasteiger partial charge is 0.242 e. The molecule has 3 aromatic rings. The van der Waals surface area contributed by atoms with Crippen molar-refractivity contribution in [2.75, 3.05) is 0 Å². The van der Waals surface area contributed by atoms with Gasteiger partial charge in [0.15, 0.2) is 11.0 Å². The van der Waals surface area contributed by atoms with E-state index in [1.807, 2.05) is 12.1 Å². The molecule has 2 heterocycles. The summed E-state index contributed by atoms with van der Waals surface area (Å²) >= 11 is 12.1. The third-order valence-corrected chi connectivity index (χ3v) is 5.50. The van der Waals surface area contributed by atoms with Gasteiger partial charge in [-0.05, 0) is 40.3 Å². The highest BCUT2D eigenvalue weighted by Gasteiger charge is 2.16. The number of pyridine rings is 1. The van der Waals surface area contributed by atoms with E-state index in [0.717, 1.165) is 21.6 Å². The quantitative estimate of drug-likeness (QED) is 0.435. The van der Waals surface area contributed by atoms with Gasteiger partial charge in [0.05, 0.1) is 0 Å². The Bertz CT molecular complexity index is 842. The number of hydrogen-bond donors (Lipinski definition) is 1. The molecule has 22 heavy (non-hydrogen) atoms. The van der Waals surface area contributed by atoms with E-state index in [-0.39, 0.29) is 5.15 Å². The highest BCUT2D eigenvalue weighted by atomic mass is 35.5. The number of hydrogen-bond acceptors (Lipinski definition) is 3. The third-order valence-electron chi connectivity index (χ3n) is 3.56. The Labute approximate surface area is 143 Å². The van der Waals surface area contributed by atoms with Crippen LogP contribution in [0.3, 0.4) is 0 Å². The molecule has 0 saturated heterocycles. The first-order valence-electron chi connectivity index (χ1n) is 7.01. The normalized spacial score (nSPS) is 11.5. The van der Waals surface area contributed by atoms with Crippen LogP contribution < -0.4 is 0 Å². The minimum atomic E-state index is -0.502. The van der Waals surface area contributed by atoms with Crippen LogP contribution >= 0.6 is 35.6 Å². The van der Waals surface area contributed by atoms with Gasteiger partial charge in [0.2, 0.25) is 0 Å². The predicted octanol–water partition coefficient (Wildman–Crippen LogP) is 6.24. The first-order valence-corrected chi connectivity index (χ1v) is 8.72. The van der Waals surface area contributed by atoms with E-state index in [1.165, 1.54) is 17.1 Å². The summed E-state index contributed by atoms with van der Waals surface area (Å²) in [7, 11) is 0. The number of aromatic nitrogens is 1. The average molecular weight is 352 g/mol. The van der Waals surface area contributed by atoms with Crippen molar-refractivity contribution in [3.8, 4) is 11.1 Å². The lowest BCUT2D eigenvalue weighted by Gasteiger charge is -2.09. The maximum absolute atomic E-state index is 14.2. The van der Waals surface area contributed by atoms with Crippen LogP contribution in [-0.2, 0) is 6.42 Å². The summed E-state index contributed by atoms with van der Waals surface area (Å²) in [6, 6.07) is 5.59. The van der Waals surface area contributed by atoms with Crippen LogP contribution in [0.5, 0.6) is 0 Å². The Balaban J connectivity index is 2.17. The molecule has 0 aliphatic heterocycles. The molecule has 0 N–H and O–H groups in total. The molecule has 5 heteroatoms. The Hall–Kier alpha value is -1.10. The summed E-state index contributed by atoms with van der Waals surface area (Å²) in [5.41, 5.74) is 2.51. The first kappa shape index (κ1) is 15.8. The van der Waals surface area contributed by atoms with Gasteiger partial charge in [-0.15, -0.1) is 24.0 Å². The average Bonchev–Trinajstić information content (AvgIpc) is 2.86. The number of thiophene rings is 1. The second-order valence-corrected chi connectivity index (χ2v) is 7.35. The van der Waals surface area contributed by atoms with Gasteiger partial charge in [0, 0.05) is 21.4 Å². The van der Waals surface area contributed by atoms with Gasteiger partial charge in [0.25, 0.3) is 0 Å². The lowest BCUT2D eigenvalue weighted by molar-refractivity contribution is 0.625. The van der Waals surface area contributed by atoms with Gasteiger partial charge >= 0.3 is 0 Å². The van der Waals surface area contributed by atoms with Crippen LogP contribution in [0, 0.1) is 11.7 Å². The van der Waals surface area contributed by atoms with Crippen molar-refractivity contribution >= 4 is 45.7 Å². The molecule has 0 saturated carbocycles. The van der Waals surface area contributed by atoms with Crippen molar-refractivity contribution in [2.45, 2.75) is 25.2 Å². The van der Waals surface area contributed by atoms with Gasteiger partial charge in [-0.1, -0.05) is 37.6 Å². The van der Waals surface area contributed by atoms with Crippen LogP contribution in [0.25, 0.3) is 21.2 Å². The van der Waals surface area contributed by atoms with Crippen molar-refractivity contribution in [3.63, 3.8) is 0 Å². The molecule has 0 amide bonds. The molecule has 0 atom stereocenters. The van der Waals surface area contributed by atoms with E-state index in [4.69, 9.17) is 11.6 Å². The molecule has 0 radical (unpaired) electrons. The summed E-state index contributed by atoms with van der Waals surface area (Å²) in [5, 5.41) is 3.26. The SMILES string of the molecule is CC(C)Cc1csc2c(S)c(-c3ccnc(Cl)c3F)ccc12. The molecule has 0 aliphatic rings. The smallest absolute Gasteiger partial charge is 0.168 e. The third kappa shape index (κ3) is 2.75. The van der Waals surface area contributed by atoms with Crippen LogP contribution in [0.2, 0.25) is 5.15 Å². The van der Waals surface area contributed by atoms with Gasteiger partial charge in [-0.3, -0.25) is 0 Å². The van der Waals surface area contributed by atoms with E-state index in [2.05, 4.69) is 36.8 Å². The minimum absolute atomic E-state index is 0.114. The molecule has 3 rings (SSSR count). The minimum Gasteiger partial charge on any atom is -0.242 e. The molecule has 114 valence electrons. The number of benzene rings is 1. The van der Waals surface area contributed by atoms with Crippen LogP contribution in [0.15, 0.2) is 34.7 Å². The second kappa shape index (κ2) is 6.19. The van der Waals surface area contributed by atoms with Crippen molar-refractivity contribution < 1.29 is 4.39 Å². The number of nitrogens with zero attached hydrogens (tertiary/aromatic N) is 1. The molecule has 1 aromatic carbocycles. The zero-order valence-electron chi connectivity index (χ0n) is 12.2. The highest BCUT2D eigenvalue weighted by molar-refractivity contribution is 7.81. The number of halogens is 2. The molecule has 2 aromatic heterocycles. The Morgan fingerprint density at radius 3 is 2.77 bits per heavy atom. The van der Waals surface area contributed by atoms with Gasteiger partial charge in [-0.2, -0.15) is 0 Å². The fraction of sp³-hybridized carbons (Fsp3) is 0.235. The fourth-order valence-electron chi connectivity index (χ4n) is 2.58. The Morgan fingerprint density at radius 1 is 1.27 bits per heavy atom. The molecule has 0 bridgehead atoms. The maximum Gasteiger partial charge on any atom is 0.168 e. The zero-order valence-corrected chi connectivity index (χ0v) is 14.7. The van der Waals surface area contributed by atoms with Crippen molar-refractivity contribution in [1.29, 1.82) is 0 Å². The summed E-state index contributed by atoms with van der Waals surface area (Å²) in [6.07, 6.45) is 2.54. The zero-order chi connectivity index (χ0) is 15.9. The van der Waals surface area contributed by atoms with E-state index in [9.17, 15) is 4.39 Å². The van der Waals surface area contributed by atoms with Crippen LogP contribution in [0.4, 0.5) is 4.39 Å². The van der Waals surface area contributed by atoms with Crippen molar-refractivity contribution in [2.24, 2.45) is 5.92 Å². The van der Waals surface area contributed by atoms with E-state index >= 15 is 0 Å². The highest BCUT2D eigenvalue weighted by Crippen LogP contribution is 2.39. The summed E-state index contributed by atoms with van der Waals surface area (Å²) < 4.78 is 15.3. The monoisotopic (exact) mass is 351 g/mol. The summed E-state index contributed by atoms with van der Waals surface area (Å²) in [5.74, 6) is 0.0927. The lowest BCUT2D eigenvalue weighted by atomic mass is 10.00. The lowest BCUT2D eigenvalue weighted by Crippen LogP contribution is -1.93. The van der Waals surface area contributed by atoms with E-state index in [1.54, 1.807) is 17.4 Å². The summed E-state index contributed by atoms with van der Waals surface area (Å²) in [4.78, 5) is 4.55. The Kier molecular flexibility index (Phi) is 4.44. The standard InChI is InChI=1S/C17H15ClFNS2/c1-9(2)7-10-8-22-16-11(10)3-4-13(15(16)21)12-5-6-20-17(18)14(12)19/h3-6,8-9,21H,7H2,1-2H3. The molecule has 0 aliphatic carbocycles. The van der Waals surface area contributed by atoms with Gasteiger partial charge in [0.1, 0.15) is 0 Å². The molecular formula is C17H15ClFNS2. The molecular weight excluding hydrogens is 337 g/mol. The Morgan fingerprint density at radius 2 is 2.05 bits per heavy atom. The topological polar surface area (TPSA) is 12.9 Å². The van der Waals surface area contributed by atoms with Crippen molar-refractivity contribution in [1.82, 2.24) is 4.98 Å². The first-order chi connectivity index (χ1) is 10.5. The summed E-state index contributed by atoms with van der Waals surface area (Å²) in [6.45, 7) is 4.40. The van der Waals surface area contributed by atoms with Crippen molar-refractivity contribution in [3.05, 3.63) is 46.3 Å². The second-order valence-electron chi connectivity index (χ2n) is 5.66. The molecule has 0 unspecified atom stereocenters.